The highest BCUT2D eigenvalue weighted by molar-refractivity contribution is 7.90. The van der Waals surface area contributed by atoms with E-state index in [1.54, 1.807) is 19.1 Å². The van der Waals surface area contributed by atoms with Gasteiger partial charge in [-0.3, -0.25) is 9.10 Å². The first-order valence-corrected chi connectivity index (χ1v) is 15.4. The lowest BCUT2D eigenvalue weighted by Crippen LogP contribution is -2.45. The average molecular weight is 590 g/mol. The second-order valence-electron chi connectivity index (χ2n) is 10.2. The van der Waals surface area contributed by atoms with Gasteiger partial charge < -0.3 is 13.9 Å². The Morgan fingerprint density at radius 3 is 2.62 bits per heavy atom. The molecule has 5 rings (SSSR count). The molecule has 1 aliphatic heterocycles. The average Bonchev–Trinajstić information content (AvgIpc) is 3.57. The van der Waals surface area contributed by atoms with Crippen molar-refractivity contribution in [3.8, 4) is 17.2 Å². The van der Waals surface area contributed by atoms with Gasteiger partial charge in [-0.2, -0.15) is 12.7 Å². The van der Waals surface area contributed by atoms with E-state index < -0.39 is 22.7 Å². The van der Waals surface area contributed by atoms with Crippen LogP contribution in [0.25, 0.3) is 11.5 Å². The van der Waals surface area contributed by atoms with Gasteiger partial charge in [-0.25, -0.2) is 4.98 Å². The molecule has 2 heterocycles. The predicted molar refractivity (Wildman–Crippen MR) is 161 cm³/mol. The molecule has 0 fully saturated rings. The Kier molecular flexibility index (Phi) is 8.94. The fourth-order valence-electron chi connectivity index (χ4n) is 4.94. The zero-order valence-electron chi connectivity index (χ0n) is 24.1. The van der Waals surface area contributed by atoms with Crippen LogP contribution >= 0.6 is 0 Å². The zero-order chi connectivity index (χ0) is 29.7. The van der Waals surface area contributed by atoms with Crippen LogP contribution < -0.4 is 9.04 Å². The lowest BCUT2D eigenvalue weighted by molar-refractivity contribution is -0.143. The van der Waals surface area contributed by atoms with Crippen LogP contribution in [0.4, 0.5) is 5.69 Å². The minimum absolute atomic E-state index is 0.0146. The molecule has 3 aromatic carbocycles. The molecule has 1 aromatic heterocycles. The van der Waals surface area contributed by atoms with Gasteiger partial charge in [0.25, 0.3) is 0 Å². The topological polar surface area (TPSA) is 102 Å². The van der Waals surface area contributed by atoms with E-state index in [1.807, 2.05) is 74.5 Å². The van der Waals surface area contributed by atoms with Crippen LogP contribution in [0.2, 0.25) is 0 Å². The lowest BCUT2D eigenvalue weighted by atomic mass is 10.1. The summed E-state index contributed by atoms with van der Waals surface area (Å²) in [6.07, 6.45) is 1.16. The van der Waals surface area contributed by atoms with Crippen molar-refractivity contribution in [2.24, 2.45) is 0 Å². The molecular weight excluding hydrogens is 554 g/mol. The number of anilines is 1. The highest BCUT2D eigenvalue weighted by Crippen LogP contribution is 2.32. The number of ether oxygens (including phenoxy) is 2. The Morgan fingerprint density at radius 2 is 1.83 bits per heavy atom. The van der Waals surface area contributed by atoms with Crippen molar-refractivity contribution in [3.63, 3.8) is 0 Å². The number of aryl methyl sites for hydroxylation is 2. The van der Waals surface area contributed by atoms with Gasteiger partial charge in [0.15, 0.2) is 0 Å². The van der Waals surface area contributed by atoms with E-state index in [9.17, 15) is 13.2 Å². The molecule has 0 amide bonds. The Morgan fingerprint density at radius 1 is 1.05 bits per heavy atom. The summed E-state index contributed by atoms with van der Waals surface area (Å²) in [4.78, 5) is 17.1. The maximum Gasteiger partial charge on any atom is 0.321 e. The molecule has 0 saturated heterocycles. The molecule has 0 unspecified atom stereocenters. The summed E-state index contributed by atoms with van der Waals surface area (Å²) in [5.74, 6) is 1.31. The summed E-state index contributed by atoms with van der Waals surface area (Å²) in [5, 5.41) is 0. The number of carbonyl (C=O) groups excluding carboxylic acids is 1. The standard InChI is InChI=1S/C32H35N3O6S/c1-4-39-31(36)22-34(42(37,38)35-18-16-26-9-5-6-11-30(26)35)21-25-8-7-10-28(20-25)40-19-17-29-24(3)41-32(33-29)27-14-12-23(2)13-15-27/h5-15,20H,4,16-19,21-22H2,1-3H3. The number of benzene rings is 3. The van der Waals surface area contributed by atoms with E-state index in [2.05, 4.69) is 4.98 Å². The van der Waals surface area contributed by atoms with Crippen LogP contribution in [0, 0.1) is 13.8 Å². The monoisotopic (exact) mass is 589 g/mol. The molecule has 0 N–H and O–H groups in total. The highest BCUT2D eigenvalue weighted by Gasteiger charge is 2.35. The minimum atomic E-state index is -4.01. The molecule has 0 radical (unpaired) electrons. The molecule has 1 aliphatic rings. The molecule has 0 atom stereocenters. The Hall–Kier alpha value is -4.15. The first-order valence-electron chi connectivity index (χ1n) is 14.0. The van der Waals surface area contributed by atoms with Crippen molar-refractivity contribution in [2.45, 2.75) is 40.2 Å². The van der Waals surface area contributed by atoms with E-state index in [4.69, 9.17) is 13.9 Å². The molecule has 42 heavy (non-hydrogen) atoms. The van der Waals surface area contributed by atoms with Gasteiger partial charge in [0.1, 0.15) is 18.1 Å². The van der Waals surface area contributed by atoms with E-state index >= 15 is 0 Å². The van der Waals surface area contributed by atoms with Crippen molar-refractivity contribution in [3.05, 3.63) is 101 Å². The van der Waals surface area contributed by atoms with Gasteiger partial charge in [0.05, 0.1) is 24.6 Å². The van der Waals surface area contributed by atoms with E-state index in [0.717, 1.165) is 26.9 Å². The van der Waals surface area contributed by atoms with Crippen molar-refractivity contribution in [1.82, 2.24) is 9.29 Å². The maximum absolute atomic E-state index is 13.8. The number of carbonyl (C=O) groups is 1. The van der Waals surface area contributed by atoms with E-state index in [0.29, 0.717) is 48.9 Å². The molecule has 220 valence electrons. The molecule has 9 nitrogen and oxygen atoms in total. The SMILES string of the molecule is CCOC(=O)CN(Cc1cccc(OCCc2nc(-c3ccc(C)cc3)oc2C)c1)S(=O)(=O)N1CCc2ccccc21. The van der Waals surface area contributed by atoms with Gasteiger partial charge in [-0.1, -0.05) is 48.0 Å². The number of hydrogen-bond acceptors (Lipinski definition) is 7. The van der Waals surface area contributed by atoms with Crippen molar-refractivity contribution in [1.29, 1.82) is 0 Å². The van der Waals surface area contributed by atoms with Crippen LogP contribution in [-0.2, 0) is 39.1 Å². The zero-order valence-corrected chi connectivity index (χ0v) is 24.9. The third kappa shape index (κ3) is 6.66. The fourth-order valence-corrected chi connectivity index (χ4v) is 6.55. The number of hydrogen-bond donors (Lipinski definition) is 0. The van der Waals surface area contributed by atoms with Gasteiger partial charge in [0.2, 0.25) is 5.89 Å². The fraction of sp³-hybridized carbons (Fsp3) is 0.312. The smallest absolute Gasteiger partial charge is 0.321 e. The third-order valence-corrected chi connectivity index (χ3v) is 8.96. The second kappa shape index (κ2) is 12.8. The van der Waals surface area contributed by atoms with Crippen LogP contribution in [0.3, 0.4) is 0 Å². The number of oxazole rings is 1. The van der Waals surface area contributed by atoms with Crippen LogP contribution in [0.1, 0.15) is 35.1 Å². The highest BCUT2D eigenvalue weighted by atomic mass is 32.2. The van der Waals surface area contributed by atoms with Crippen molar-refractivity contribution < 1.29 is 27.1 Å². The Labute approximate surface area is 246 Å². The van der Waals surface area contributed by atoms with Crippen LogP contribution in [0.15, 0.2) is 77.2 Å². The summed E-state index contributed by atoms with van der Waals surface area (Å²) in [7, 11) is -4.01. The third-order valence-electron chi connectivity index (χ3n) is 7.12. The van der Waals surface area contributed by atoms with E-state index in [1.165, 1.54) is 9.87 Å². The van der Waals surface area contributed by atoms with Crippen molar-refractivity contribution >= 4 is 21.9 Å². The largest absolute Gasteiger partial charge is 0.493 e. The Bertz CT molecular complexity index is 1650. The predicted octanol–water partition coefficient (Wildman–Crippen LogP) is 5.25. The summed E-state index contributed by atoms with van der Waals surface area (Å²) >= 11 is 0. The molecule has 0 bridgehead atoms. The lowest BCUT2D eigenvalue weighted by Gasteiger charge is -2.28. The van der Waals surface area contributed by atoms with Gasteiger partial charge >= 0.3 is 16.2 Å². The normalized spacial score (nSPS) is 12.9. The number of para-hydroxylation sites is 1. The number of fused-ring (bicyclic) bond motifs is 1. The Balaban J connectivity index is 1.27. The molecule has 0 aliphatic carbocycles. The van der Waals surface area contributed by atoms with Crippen LogP contribution in [-0.4, -0.2) is 50.0 Å². The van der Waals surface area contributed by atoms with Gasteiger partial charge in [-0.15, -0.1) is 0 Å². The first kappa shape index (κ1) is 29.3. The van der Waals surface area contributed by atoms with Crippen molar-refractivity contribution in [2.75, 3.05) is 30.6 Å². The summed E-state index contributed by atoms with van der Waals surface area (Å²) in [6, 6.07) is 22.7. The van der Waals surface area contributed by atoms with Gasteiger partial charge in [-0.05, 0) is 68.7 Å². The molecule has 0 spiro atoms. The minimum Gasteiger partial charge on any atom is -0.493 e. The molecule has 0 saturated carbocycles. The maximum atomic E-state index is 13.8. The molecular formula is C32H35N3O6S. The van der Waals surface area contributed by atoms with E-state index in [-0.39, 0.29) is 13.2 Å². The number of rotatable bonds is 12. The quantitative estimate of drug-likeness (QED) is 0.208. The number of nitrogens with zero attached hydrogens (tertiary/aromatic N) is 3. The summed E-state index contributed by atoms with van der Waals surface area (Å²) in [5.41, 5.74) is 5.19. The van der Waals surface area contributed by atoms with Gasteiger partial charge in [0, 0.05) is 25.1 Å². The summed E-state index contributed by atoms with van der Waals surface area (Å²) < 4.78 is 47.1. The summed E-state index contributed by atoms with van der Waals surface area (Å²) in [6.45, 7) is 6.05. The van der Waals surface area contributed by atoms with Crippen LogP contribution in [0.5, 0.6) is 5.75 Å². The first-order chi connectivity index (χ1) is 20.2. The molecule has 4 aromatic rings. The number of esters is 1. The second-order valence-corrected chi connectivity index (χ2v) is 12.0. The number of aromatic nitrogens is 1. The molecule has 10 heteroatoms.